The Morgan fingerprint density at radius 2 is 2.00 bits per heavy atom. The minimum absolute atomic E-state index is 0.109. The summed E-state index contributed by atoms with van der Waals surface area (Å²) in [5.41, 5.74) is 1.25. The molecule has 2 aromatic carbocycles. The second-order valence-electron chi connectivity index (χ2n) is 6.38. The third-order valence-corrected chi connectivity index (χ3v) is 5.88. The number of thioether (sulfide) groups is 1. The Labute approximate surface area is 177 Å². The number of fused-ring (bicyclic) bond motifs is 1. The Hall–Kier alpha value is -2.71. The van der Waals surface area contributed by atoms with Gasteiger partial charge < -0.3 is 14.8 Å². The molecule has 1 saturated heterocycles. The third kappa shape index (κ3) is 4.33. The molecule has 0 aliphatic carbocycles. The van der Waals surface area contributed by atoms with Crippen LogP contribution in [0.5, 0.6) is 11.5 Å². The number of benzene rings is 2. The maximum Gasteiger partial charge on any atom is 0.238 e. The Kier molecular flexibility index (Phi) is 5.64. The second-order valence-corrected chi connectivity index (χ2v) is 7.98. The van der Waals surface area contributed by atoms with E-state index in [0.29, 0.717) is 39.6 Å². The molecule has 0 aromatic heterocycles. The van der Waals surface area contributed by atoms with Gasteiger partial charge >= 0.3 is 0 Å². The molecule has 1 fully saturated rings. The molecule has 1 N–H and O–H groups in total. The summed E-state index contributed by atoms with van der Waals surface area (Å²) >= 11 is 7.15. The number of aliphatic imine (C=N–C) groups is 1. The number of hydrogen-bond acceptors (Lipinski definition) is 6. The van der Waals surface area contributed by atoms with E-state index in [9.17, 15) is 9.59 Å². The summed E-state index contributed by atoms with van der Waals surface area (Å²) in [5.74, 6) is 0.884. The van der Waals surface area contributed by atoms with Crippen molar-refractivity contribution in [3.63, 3.8) is 0 Å². The van der Waals surface area contributed by atoms with Crippen LogP contribution in [0.3, 0.4) is 0 Å². The van der Waals surface area contributed by atoms with E-state index in [1.807, 2.05) is 6.92 Å². The van der Waals surface area contributed by atoms with Crippen LogP contribution in [0.25, 0.3) is 0 Å². The van der Waals surface area contributed by atoms with Gasteiger partial charge in [0.1, 0.15) is 5.25 Å². The molecule has 0 unspecified atom stereocenters. The van der Waals surface area contributed by atoms with Crippen molar-refractivity contribution in [3.05, 3.63) is 47.5 Å². The molecule has 0 bridgehead atoms. The van der Waals surface area contributed by atoms with E-state index < -0.39 is 5.25 Å². The fourth-order valence-electron chi connectivity index (χ4n) is 2.97. The van der Waals surface area contributed by atoms with Gasteiger partial charge in [-0.1, -0.05) is 23.4 Å². The molecular weight excluding hydrogens is 414 g/mol. The fraction of sp³-hybridized carbons (Fsp3) is 0.250. The van der Waals surface area contributed by atoms with Crippen LogP contribution in [-0.4, -0.2) is 40.5 Å². The van der Waals surface area contributed by atoms with E-state index in [1.54, 1.807) is 47.4 Å². The lowest BCUT2D eigenvalue weighted by Crippen LogP contribution is -2.45. The molecule has 2 heterocycles. The van der Waals surface area contributed by atoms with Crippen molar-refractivity contribution in [2.75, 3.05) is 18.7 Å². The maximum atomic E-state index is 12.7. The first-order valence-corrected chi connectivity index (χ1v) is 10.3. The van der Waals surface area contributed by atoms with Gasteiger partial charge in [0, 0.05) is 29.7 Å². The second kappa shape index (κ2) is 8.34. The van der Waals surface area contributed by atoms with Gasteiger partial charge in [0.05, 0.1) is 5.69 Å². The van der Waals surface area contributed by atoms with Crippen molar-refractivity contribution in [2.45, 2.75) is 18.6 Å². The molecule has 9 heteroatoms. The highest BCUT2D eigenvalue weighted by Gasteiger charge is 2.35. The number of amides is 2. The van der Waals surface area contributed by atoms with Crippen LogP contribution in [0.4, 0.5) is 11.4 Å². The van der Waals surface area contributed by atoms with Gasteiger partial charge in [0.25, 0.3) is 0 Å². The average molecular weight is 432 g/mol. The zero-order valence-electron chi connectivity index (χ0n) is 15.6. The number of halogens is 1. The fourth-order valence-corrected chi connectivity index (χ4v) is 4.26. The van der Waals surface area contributed by atoms with Crippen LogP contribution in [-0.2, 0) is 9.59 Å². The maximum absolute atomic E-state index is 12.7. The van der Waals surface area contributed by atoms with E-state index in [2.05, 4.69) is 10.3 Å². The molecule has 0 saturated carbocycles. The number of hydrogen-bond donors (Lipinski definition) is 1. The standard InChI is InChI=1S/C20H18ClN3O4S/c1-2-24-18(25)10-17(19(26)22-13-5-3-12(21)4-6-13)29-20(24)23-14-7-8-15-16(9-14)28-11-27-15/h3-9,17H,2,10-11H2,1H3,(H,22,26)/t17-/m0/s1. The molecule has 7 nitrogen and oxygen atoms in total. The third-order valence-electron chi connectivity index (χ3n) is 4.44. The summed E-state index contributed by atoms with van der Waals surface area (Å²) in [4.78, 5) is 31.5. The van der Waals surface area contributed by atoms with Gasteiger partial charge in [-0.05, 0) is 43.3 Å². The van der Waals surface area contributed by atoms with Crippen molar-refractivity contribution in [1.82, 2.24) is 4.90 Å². The van der Waals surface area contributed by atoms with Gasteiger partial charge in [0.2, 0.25) is 18.6 Å². The SMILES string of the molecule is CCN1C(=O)C[C@@H](C(=O)Nc2ccc(Cl)cc2)SC1=Nc1ccc2c(c1)OCO2. The van der Waals surface area contributed by atoms with Gasteiger partial charge in [-0.3, -0.25) is 14.5 Å². The van der Waals surface area contributed by atoms with Crippen molar-refractivity contribution in [1.29, 1.82) is 0 Å². The number of ether oxygens (including phenoxy) is 2. The molecule has 2 aliphatic rings. The number of rotatable bonds is 4. The summed E-state index contributed by atoms with van der Waals surface area (Å²) in [7, 11) is 0. The van der Waals surface area contributed by atoms with E-state index in [0.717, 1.165) is 0 Å². The van der Waals surface area contributed by atoms with Gasteiger partial charge in [-0.25, -0.2) is 4.99 Å². The largest absolute Gasteiger partial charge is 0.454 e. The number of anilines is 1. The number of amidine groups is 1. The van der Waals surface area contributed by atoms with Crippen molar-refractivity contribution >= 4 is 51.7 Å². The molecule has 2 aliphatic heterocycles. The highest BCUT2D eigenvalue weighted by Crippen LogP contribution is 2.36. The van der Waals surface area contributed by atoms with Crippen LogP contribution < -0.4 is 14.8 Å². The van der Waals surface area contributed by atoms with E-state index >= 15 is 0 Å². The smallest absolute Gasteiger partial charge is 0.238 e. The highest BCUT2D eigenvalue weighted by molar-refractivity contribution is 8.15. The molecule has 4 rings (SSSR count). The quantitative estimate of drug-likeness (QED) is 0.789. The molecule has 0 radical (unpaired) electrons. The topological polar surface area (TPSA) is 80.2 Å². The Balaban J connectivity index is 1.55. The van der Waals surface area contributed by atoms with Gasteiger partial charge in [-0.15, -0.1) is 0 Å². The minimum Gasteiger partial charge on any atom is -0.454 e. The monoisotopic (exact) mass is 431 g/mol. The lowest BCUT2D eigenvalue weighted by Gasteiger charge is -2.30. The number of carbonyl (C=O) groups is 2. The lowest BCUT2D eigenvalue weighted by atomic mass is 10.2. The van der Waals surface area contributed by atoms with Crippen molar-refractivity contribution in [3.8, 4) is 11.5 Å². The number of carbonyl (C=O) groups excluding carboxylic acids is 2. The van der Waals surface area contributed by atoms with Gasteiger partial charge in [-0.2, -0.15) is 0 Å². The minimum atomic E-state index is -0.575. The lowest BCUT2D eigenvalue weighted by molar-refractivity contribution is -0.129. The first-order chi connectivity index (χ1) is 14.0. The molecular formula is C20H18ClN3O4S. The zero-order chi connectivity index (χ0) is 20.4. The predicted octanol–water partition coefficient (Wildman–Crippen LogP) is 4.05. The summed E-state index contributed by atoms with van der Waals surface area (Å²) in [5, 5.41) is 3.32. The molecule has 1 atom stereocenters. The summed E-state index contributed by atoms with van der Waals surface area (Å²) < 4.78 is 10.7. The Bertz CT molecular complexity index is 980. The summed E-state index contributed by atoms with van der Waals surface area (Å²) in [6, 6.07) is 12.1. The highest BCUT2D eigenvalue weighted by atomic mass is 35.5. The van der Waals surface area contributed by atoms with E-state index in [-0.39, 0.29) is 25.0 Å². The number of nitrogens with one attached hydrogen (secondary N) is 1. The predicted molar refractivity (Wildman–Crippen MR) is 113 cm³/mol. The van der Waals surface area contributed by atoms with Gasteiger partial charge in [0.15, 0.2) is 16.7 Å². The van der Waals surface area contributed by atoms with Crippen LogP contribution in [0.1, 0.15) is 13.3 Å². The molecule has 2 aromatic rings. The van der Waals surface area contributed by atoms with E-state index in [4.69, 9.17) is 21.1 Å². The molecule has 29 heavy (non-hydrogen) atoms. The Morgan fingerprint density at radius 1 is 1.24 bits per heavy atom. The first kappa shape index (κ1) is 19.6. The van der Waals surface area contributed by atoms with Crippen LogP contribution in [0, 0.1) is 0 Å². The first-order valence-electron chi connectivity index (χ1n) is 9.05. The number of nitrogens with zero attached hydrogens (tertiary/aromatic N) is 2. The van der Waals surface area contributed by atoms with Crippen LogP contribution in [0.15, 0.2) is 47.5 Å². The Morgan fingerprint density at radius 3 is 2.76 bits per heavy atom. The van der Waals surface area contributed by atoms with Crippen molar-refractivity contribution < 1.29 is 19.1 Å². The van der Waals surface area contributed by atoms with E-state index in [1.165, 1.54) is 11.8 Å². The zero-order valence-corrected chi connectivity index (χ0v) is 17.1. The van der Waals surface area contributed by atoms with Crippen LogP contribution >= 0.6 is 23.4 Å². The molecule has 0 spiro atoms. The molecule has 150 valence electrons. The summed E-state index contributed by atoms with van der Waals surface area (Å²) in [6.45, 7) is 2.53. The normalized spacial score (nSPS) is 19.5. The van der Waals surface area contributed by atoms with Crippen LogP contribution in [0.2, 0.25) is 5.02 Å². The average Bonchev–Trinajstić information content (AvgIpc) is 3.17. The van der Waals surface area contributed by atoms with Crippen molar-refractivity contribution in [2.24, 2.45) is 4.99 Å². The molecule has 2 amide bonds. The summed E-state index contributed by atoms with van der Waals surface area (Å²) in [6.07, 6.45) is 0.109.